The zero-order chi connectivity index (χ0) is 23.0. The predicted octanol–water partition coefficient (Wildman–Crippen LogP) is 4.47. The van der Waals surface area contributed by atoms with Gasteiger partial charge in [0.2, 0.25) is 5.91 Å². The number of aryl methyl sites for hydroxylation is 2. The second-order valence-electron chi connectivity index (χ2n) is 8.71. The number of hydrogen-bond donors (Lipinski definition) is 3. The van der Waals surface area contributed by atoms with Gasteiger partial charge in [0.1, 0.15) is 0 Å². The van der Waals surface area contributed by atoms with Crippen LogP contribution in [-0.4, -0.2) is 37.0 Å². The van der Waals surface area contributed by atoms with E-state index < -0.39 is 0 Å². The normalized spacial score (nSPS) is 17.2. The Balaban J connectivity index is 1.20. The van der Waals surface area contributed by atoms with Crippen LogP contribution in [0.1, 0.15) is 60.0 Å². The average molecular weight is 450 g/mol. The summed E-state index contributed by atoms with van der Waals surface area (Å²) in [4.78, 5) is 36.8. The van der Waals surface area contributed by atoms with E-state index in [1.165, 1.54) is 24.0 Å². The Morgan fingerprint density at radius 1 is 0.848 bits per heavy atom. The topological polar surface area (TPSA) is 96.5 Å². The van der Waals surface area contributed by atoms with Crippen molar-refractivity contribution in [3.63, 3.8) is 0 Å². The van der Waals surface area contributed by atoms with Gasteiger partial charge in [-0.25, -0.2) is 4.79 Å². The fraction of sp³-hybridized carbons (Fsp3) is 0.423. The van der Waals surface area contributed by atoms with Crippen LogP contribution in [0.2, 0.25) is 0 Å². The number of ether oxygens (including phenoxy) is 1. The zero-order valence-corrected chi connectivity index (χ0v) is 18.8. The number of ketones is 1. The maximum absolute atomic E-state index is 12.5. The summed E-state index contributed by atoms with van der Waals surface area (Å²) in [6, 6.07) is 12.5. The van der Waals surface area contributed by atoms with Crippen molar-refractivity contribution in [1.29, 1.82) is 0 Å². The molecule has 2 aromatic rings. The molecule has 0 aromatic heterocycles. The number of rotatable bonds is 8. The SMILES string of the molecule is O=C(CCC(=O)c1ccc2c(c1)CCCC2)Nc1ccc(NC(=O)NCC2CCCO2)cc1. The lowest BCUT2D eigenvalue weighted by Gasteiger charge is -2.16. The first-order valence-electron chi connectivity index (χ1n) is 11.8. The molecule has 174 valence electrons. The van der Waals surface area contributed by atoms with Gasteiger partial charge >= 0.3 is 6.03 Å². The summed E-state index contributed by atoms with van der Waals surface area (Å²) in [6.45, 7) is 1.24. The van der Waals surface area contributed by atoms with Crippen molar-refractivity contribution < 1.29 is 19.1 Å². The van der Waals surface area contributed by atoms with Gasteiger partial charge < -0.3 is 20.7 Å². The lowest BCUT2D eigenvalue weighted by atomic mass is 9.89. The van der Waals surface area contributed by atoms with Gasteiger partial charge in [-0.1, -0.05) is 12.1 Å². The smallest absolute Gasteiger partial charge is 0.319 e. The average Bonchev–Trinajstić information content (AvgIpc) is 3.36. The van der Waals surface area contributed by atoms with Gasteiger partial charge in [0, 0.05) is 42.9 Å². The van der Waals surface area contributed by atoms with E-state index in [4.69, 9.17) is 4.74 Å². The summed E-state index contributed by atoms with van der Waals surface area (Å²) in [5, 5.41) is 8.37. The molecule has 7 heteroatoms. The Morgan fingerprint density at radius 2 is 1.58 bits per heavy atom. The maximum Gasteiger partial charge on any atom is 0.319 e. The fourth-order valence-corrected chi connectivity index (χ4v) is 4.33. The molecule has 1 aliphatic heterocycles. The molecule has 1 saturated heterocycles. The Morgan fingerprint density at radius 3 is 2.30 bits per heavy atom. The summed E-state index contributed by atoms with van der Waals surface area (Å²) in [6.07, 6.45) is 6.88. The van der Waals surface area contributed by atoms with Gasteiger partial charge in [-0.15, -0.1) is 0 Å². The number of amides is 3. The van der Waals surface area contributed by atoms with Crippen molar-refractivity contribution in [1.82, 2.24) is 5.32 Å². The highest BCUT2D eigenvalue weighted by Gasteiger charge is 2.16. The Bertz CT molecular complexity index is 997. The number of urea groups is 1. The molecule has 2 aliphatic rings. The quantitative estimate of drug-likeness (QED) is 0.518. The predicted molar refractivity (Wildman–Crippen MR) is 128 cm³/mol. The standard InChI is InChI=1S/C26H31N3O4/c30-24(20-8-7-18-4-1-2-5-19(18)16-20)13-14-25(31)28-21-9-11-22(12-10-21)29-26(32)27-17-23-6-3-15-33-23/h7-12,16,23H,1-6,13-15,17H2,(H,28,31)(H2,27,29,32). The van der Waals surface area contributed by atoms with Crippen LogP contribution in [0, 0.1) is 0 Å². The number of nitrogens with one attached hydrogen (secondary N) is 3. The molecular formula is C26H31N3O4. The molecule has 1 aliphatic carbocycles. The lowest BCUT2D eigenvalue weighted by Crippen LogP contribution is -2.35. The number of carbonyl (C=O) groups is 3. The van der Waals surface area contributed by atoms with Gasteiger partial charge in [0.15, 0.2) is 5.78 Å². The van der Waals surface area contributed by atoms with Crippen molar-refractivity contribution in [2.75, 3.05) is 23.8 Å². The highest BCUT2D eigenvalue weighted by atomic mass is 16.5. The van der Waals surface area contributed by atoms with E-state index >= 15 is 0 Å². The van der Waals surface area contributed by atoms with Crippen molar-refractivity contribution in [3.05, 3.63) is 59.2 Å². The second-order valence-corrected chi connectivity index (χ2v) is 8.71. The molecule has 2 aromatic carbocycles. The summed E-state index contributed by atoms with van der Waals surface area (Å²) >= 11 is 0. The van der Waals surface area contributed by atoms with Crippen LogP contribution >= 0.6 is 0 Å². The van der Waals surface area contributed by atoms with Gasteiger partial charge in [-0.05, 0) is 80.0 Å². The minimum atomic E-state index is -0.289. The van der Waals surface area contributed by atoms with Crippen molar-refractivity contribution >= 4 is 29.1 Å². The highest BCUT2D eigenvalue weighted by Crippen LogP contribution is 2.23. The fourth-order valence-electron chi connectivity index (χ4n) is 4.33. The summed E-state index contributed by atoms with van der Waals surface area (Å²) < 4.78 is 5.48. The number of Topliss-reactive ketones (excluding diaryl/α,β-unsaturated/α-hetero) is 1. The van der Waals surface area contributed by atoms with Crippen LogP contribution in [0.5, 0.6) is 0 Å². The Hall–Kier alpha value is -3.19. The van der Waals surface area contributed by atoms with Crippen LogP contribution < -0.4 is 16.0 Å². The first-order chi connectivity index (χ1) is 16.1. The Labute approximate surface area is 194 Å². The zero-order valence-electron chi connectivity index (χ0n) is 18.8. The van der Waals surface area contributed by atoms with E-state index in [2.05, 4.69) is 22.0 Å². The molecule has 3 amide bonds. The van der Waals surface area contributed by atoms with Gasteiger partial charge in [0.25, 0.3) is 0 Å². The van der Waals surface area contributed by atoms with E-state index in [0.717, 1.165) is 32.3 Å². The van der Waals surface area contributed by atoms with Crippen LogP contribution in [0.4, 0.5) is 16.2 Å². The lowest BCUT2D eigenvalue weighted by molar-refractivity contribution is -0.116. The van der Waals surface area contributed by atoms with Crippen LogP contribution in [0.3, 0.4) is 0 Å². The number of anilines is 2. The Kier molecular flexibility index (Phi) is 7.73. The minimum Gasteiger partial charge on any atom is -0.376 e. The molecule has 4 rings (SSSR count). The van der Waals surface area contributed by atoms with E-state index in [9.17, 15) is 14.4 Å². The molecule has 33 heavy (non-hydrogen) atoms. The van der Waals surface area contributed by atoms with E-state index in [1.54, 1.807) is 24.3 Å². The monoisotopic (exact) mass is 449 g/mol. The summed E-state index contributed by atoms with van der Waals surface area (Å²) in [7, 11) is 0. The number of hydrogen-bond acceptors (Lipinski definition) is 4. The minimum absolute atomic E-state index is 0.00733. The molecule has 7 nitrogen and oxygen atoms in total. The van der Waals surface area contributed by atoms with E-state index in [1.807, 2.05) is 12.1 Å². The van der Waals surface area contributed by atoms with Crippen LogP contribution in [0.25, 0.3) is 0 Å². The van der Waals surface area contributed by atoms with Crippen molar-refractivity contribution in [3.8, 4) is 0 Å². The van der Waals surface area contributed by atoms with Crippen molar-refractivity contribution in [2.45, 2.75) is 57.5 Å². The van der Waals surface area contributed by atoms with Crippen LogP contribution in [0.15, 0.2) is 42.5 Å². The molecule has 0 saturated carbocycles. The third-order valence-electron chi connectivity index (χ3n) is 6.19. The highest BCUT2D eigenvalue weighted by molar-refractivity contribution is 6.00. The number of fused-ring (bicyclic) bond motifs is 1. The van der Waals surface area contributed by atoms with Gasteiger partial charge in [-0.2, -0.15) is 0 Å². The molecule has 1 heterocycles. The number of benzene rings is 2. The number of carbonyl (C=O) groups excluding carboxylic acids is 3. The van der Waals surface area contributed by atoms with Gasteiger partial charge in [-0.3, -0.25) is 9.59 Å². The second kappa shape index (κ2) is 11.1. The molecule has 0 spiro atoms. The molecule has 0 radical (unpaired) electrons. The molecule has 0 bridgehead atoms. The maximum atomic E-state index is 12.5. The molecule has 1 atom stereocenters. The first kappa shape index (κ1) is 23.0. The van der Waals surface area contributed by atoms with Crippen molar-refractivity contribution in [2.24, 2.45) is 0 Å². The van der Waals surface area contributed by atoms with Gasteiger partial charge in [0.05, 0.1) is 6.10 Å². The molecule has 1 unspecified atom stereocenters. The molecule has 3 N–H and O–H groups in total. The third kappa shape index (κ3) is 6.65. The summed E-state index contributed by atoms with van der Waals surface area (Å²) in [5.41, 5.74) is 4.54. The summed E-state index contributed by atoms with van der Waals surface area (Å²) in [5.74, 6) is -0.219. The third-order valence-corrected chi connectivity index (χ3v) is 6.19. The van der Waals surface area contributed by atoms with Crippen LogP contribution in [-0.2, 0) is 22.4 Å². The first-order valence-corrected chi connectivity index (χ1v) is 11.8. The van der Waals surface area contributed by atoms with E-state index in [0.29, 0.717) is 23.5 Å². The molecule has 1 fully saturated rings. The van der Waals surface area contributed by atoms with E-state index in [-0.39, 0.29) is 36.7 Å². The molecular weight excluding hydrogens is 418 g/mol. The largest absolute Gasteiger partial charge is 0.376 e.